The van der Waals surface area contributed by atoms with Gasteiger partial charge in [0.15, 0.2) is 0 Å². The molecule has 0 amide bonds. The lowest BCUT2D eigenvalue weighted by molar-refractivity contribution is 0.281. The van der Waals surface area contributed by atoms with Crippen LogP contribution in [0.25, 0.3) is 0 Å². The molecular formula is C8H11NO4S. The first-order valence-corrected chi connectivity index (χ1v) is 5.34. The molecule has 78 valence electrons. The van der Waals surface area contributed by atoms with Crippen LogP contribution in [0.3, 0.4) is 0 Å². The summed E-state index contributed by atoms with van der Waals surface area (Å²) in [5.41, 5.74) is 0.467. The fraction of sp³-hybridized carbons (Fsp3) is 0.250. The molecule has 0 saturated heterocycles. The lowest BCUT2D eigenvalue weighted by Gasteiger charge is -2.07. The molecule has 0 aliphatic rings. The molecule has 1 rings (SSSR count). The van der Waals surface area contributed by atoms with Gasteiger partial charge in [-0.05, 0) is 17.7 Å². The summed E-state index contributed by atoms with van der Waals surface area (Å²) in [4.78, 5) is -0.119. The Morgan fingerprint density at radius 3 is 2.57 bits per heavy atom. The Balaban J connectivity index is 3.37. The Kier molecular flexibility index (Phi) is 3.10. The van der Waals surface area contributed by atoms with Crippen molar-refractivity contribution in [3.05, 3.63) is 23.8 Å². The van der Waals surface area contributed by atoms with Crippen LogP contribution in [0.4, 0.5) is 0 Å². The van der Waals surface area contributed by atoms with E-state index in [1.165, 1.54) is 19.2 Å². The Morgan fingerprint density at radius 1 is 1.50 bits per heavy atom. The van der Waals surface area contributed by atoms with Crippen LogP contribution in [0.2, 0.25) is 0 Å². The molecule has 0 bridgehead atoms. The number of hydrogen-bond acceptors (Lipinski definition) is 4. The highest BCUT2D eigenvalue weighted by atomic mass is 32.2. The minimum atomic E-state index is -3.81. The molecule has 0 atom stereocenters. The number of benzene rings is 1. The molecule has 6 heteroatoms. The molecule has 0 heterocycles. The normalized spacial score (nSPS) is 11.4. The predicted octanol–water partition coefficient (Wildman–Crippen LogP) is -0.165. The van der Waals surface area contributed by atoms with Crippen LogP contribution in [-0.2, 0) is 16.6 Å². The van der Waals surface area contributed by atoms with Gasteiger partial charge in [0.05, 0.1) is 13.7 Å². The van der Waals surface area contributed by atoms with Gasteiger partial charge in [0.25, 0.3) is 0 Å². The maximum absolute atomic E-state index is 11.1. The lowest BCUT2D eigenvalue weighted by atomic mass is 10.2. The van der Waals surface area contributed by atoms with Crippen LogP contribution in [0, 0.1) is 0 Å². The highest BCUT2D eigenvalue weighted by molar-refractivity contribution is 7.89. The summed E-state index contributed by atoms with van der Waals surface area (Å²) in [5.74, 6) is 0.171. The Bertz CT molecular complexity index is 427. The van der Waals surface area contributed by atoms with Crippen LogP contribution in [0.15, 0.2) is 23.1 Å². The van der Waals surface area contributed by atoms with Crippen molar-refractivity contribution in [2.45, 2.75) is 11.5 Å². The van der Waals surface area contributed by atoms with Gasteiger partial charge in [0.1, 0.15) is 10.6 Å². The summed E-state index contributed by atoms with van der Waals surface area (Å²) < 4.78 is 27.0. The molecule has 0 aliphatic carbocycles. The minimum Gasteiger partial charge on any atom is -0.495 e. The Labute approximate surface area is 82.2 Å². The van der Waals surface area contributed by atoms with E-state index in [9.17, 15) is 8.42 Å². The van der Waals surface area contributed by atoms with E-state index >= 15 is 0 Å². The number of sulfonamides is 1. The average molecular weight is 217 g/mol. The Morgan fingerprint density at radius 2 is 2.14 bits per heavy atom. The van der Waals surface area contributed by atoms with E-state index in [1.807, 2.05) is 0 Å². The largest absolute Gasteiger partial charge is 0.495 e. The highest BCUT2D eigenvalue weighted by Gasteiger charge is 2.14. The van der Waals surface area contributed by atoms with Crippen molar-refractivity contribution in [3.63, 3.8) is 0 Å². The number of ether oxygens (including phenoxy) is 1. The van der Waals surface area contributed by atoms with Gasteiger partial charge < -0.3 is 9.84 Å². The maximum atomic E-state index is 11.1. The van der Waals surface area contributed by atoms with Crippen molar-refractivity contribution in [2.24, 2.45) is 5.14 Å². The van der Waals surface area contributed by atoms with Gasteiger partial charge in [-0.2, -0.15) is 0 Å². The van der Waals surface area contributed by atoms with Crippen molar-refractivity contribution in [3.8, 4) is 5.75 Å². The van der Waals surface area contributed by atoms with E-state index in [0.717, 1.165) is 0 Å². The third-order valence-corrected chi connectivity index (χ3v) is 2.65. The van der Waals surface area contributed by atoms with Gasteiger partial charge in [-0.25, -0.2) is 13.6 Å². The number of aliphatic hydroxyl groups is 1. The van der Waals surface area contributed by atoms with E-state index in [0.29, 0.717) is 5.56 Å². The summed E-state index contributed by atoms with van der Waals surface area (Å²) in [6.07, 6.45) is 0. The Hall–Kier alpha value is -1.11. The number of hydrogen-bond donors (Lipinski definition) is 2. The minimum absolute atomic E-state index is 0.119. The van der Waals surface area contributed by atoms with E-state index in [1.54, 1.807) is 6.07 Å². The molecule has 0 spiro atoms. The van der Waals surface area contributed by atoms with Crippen molar-refractivity contribution in [1.29, 1.82) is 0 Å². The zero-order valence-electron chi connectivity index (χ0n) is 7.60. The molecule has 1 aromatic rings. The van der Waals surface area contributed by atoms with Crippen LogP contribution >= 0.6 is 0 Å². The lowest BCUT2D eigenvalue weighted by Crippen LogP contribution is -2.13. The zero-order valence-corrected chi connectivity index (χ0v) is 8.41. The number of nitrogens with two attached hydrogens (primary N) is 1. The molecule has 0 aromatic heterocycles. The highest BCUT2D eigenvalue weighted by Crippen LogP contribution is 2.23. The standard InChI is InChI=1S/C8H11NO4S/c1-13-7-3-2-6(5-10)4-8(7)14(9,11)12/h2-4,10H,5H2,1H3,(H2,9,11,12). The average Bonchev–Trinajstić information content (AvgIpc) is 2.15. The summed E-state index contributed by atoms with van der Waals surface area (Å²) in [5, 5.41) is 13.8. The van der Waals surface area contributed by atoms with Gasteiger partial charge in [-0.15, -0.1) is 0 Å². The molecule has 1 aromatic carbocycles. The molecule has 0 fully saturated rings. The first kappa shape index (κ1) is 11.0. The molecule has 14 heavy (non-hydrogen) atoms. The number of rotatable bonds is 3. The molecule has 5 nitrogen and oxygen atoms in total. The van der Waals surface area contributed by atoms with Crippen LogP contribution in [-0.4, -0.2) is 20.6 Å². The van der Waals surface area contributed by atoms with Crippen molar-refractivity contribution >= 4 is 10.0 Å². The molecule has 3 N–H and O–H groups in total. The van der Waals surface area contributed by atoms with E-state index < -0.39 is 10.0 Å². The van der Waals surface area contributed by atoms with Crippen molar-refractivity contribution < 1.29 is 18.3 Å². The SMILES string of the molecule is COc1ccc(CO)cc1S(N)(=O)=O. The summed E-state index contributed by atoms with van der Waals surface area (Å²) in [7, 11) is -2.46. The zero-order chi connectivity index (χ0) is 10.8. The summed E-state index contributed by atoms with van der Waals surface area (Å²) in [6.45, 7) is -0.244. The number of aliphatic hydroxyl groups excluding tert-OH is 1. The second-order valence-electron chi connectivity index (χ2n) is 2.69. The smallest absolute Gasteiger partial charge is 0.241 e. The fourth-order valence-corrected chi connectivity index (χ4v) is 1.79. The first-order chi connectivity index (χ1) is 6.49. The topological polar surface area (TPSA) is 89.6 Å². The summed E-state index contributed by atoms with van der Waals surface area (Å²) in [6, 6.07) is 4.30. The van der Waals surface area contributed by atoms with Crippen LogP contribution in [0.5, 0.6) is 5.75 Å². The fourth-order valence-electron chi connectivity index (χ4n) is 1.04. The van der Waals surface area contributed by atoms with Gasteiger partial charge >= 0.3 is 0 Å². The van der Waals surface area contributed by atoms with Crippen molar-refractivity contribution in [1.82, 2.24) is 0 Å². The number of primary sulfonamides is 1. The van der Waals surface area contributed by atoms with E-state index in [4.69, 9.17) is 15.0 Å². The molecule has 0 saturated carbocycles. The predicted molar refractivity (Wildman–Crippen MR) is 50.3 cm³/mol. The molecular weight excluding hydrogens is 206 g/mol. The van der Waals surface area contributed by atoms with E-state index in [-0.39, 0.29) is 17.3 Å². The van der Waals surface area contributed by atoms with Crippen LogP contribution < -0.4 is 9.88 Å². The molecule has 0 unspecified atom stereocenters. The van der Waals surface area contributed by atoms with Crippen LogP contribution in [0.1, 0.15) is 5.56 Å². The second-order valence-corrected chi connectivity index (χ2v) is 4.22. The molecule has 0 radical (unpaired) electrons. The third kappa shape index (κ3) is 2.22. The number of methoxy groups -OCH3 is 1. The van der Waals surface area contributed by atoms with Gasteiger partial charge in [-0.1, -0.05) is 6.07 Å². The maximum Gasteiger partial charge on any atom is 0.241 e. The van der Waals surface area contributed by atoms with Gasteiger partial charge in [0, 0.05) is 0 Å². The monoisotopic (exact) mass is 217 g/mol. The van der Waals surface area contributed by atoms with E-state index in [2.05, 4.69) is 0 Å². The summed E-state index contributed by atoms with van der Waals surface area (Å²) >= 11 is 0. The second kappa shape index (κ2) is 3.95. The third-order valence-electron chi connectivity index (χ3n) is 1.72. The quantitative estimate of drug-likeness (QED) is 0.735. The van der Waals surface area contributed by atoms with Crippen molar-refractivity contribution in [2.75, 3.05) is 7.11 Å². The molecule has 0 aliphatic heterocycles. The van der Waals surface area contributed by atoms with Gasteiger partial charge in [-0.3, -0.25) is 0 Å². The first-order valence-electron chi connectivity index (χ1n) is 3.79. The van der Waals surface area contributed by atoms with Gasteiger partial charge in [0.2, 0.25) is 10.0 Å².